The Kier molecular flexibility index (Phi) is 6.76. The molecule has 0 spiro atoms. The molecule has 0 aliphatic rings. The number of aryl methyl sites for hydroxylation is 1. The molecule has 0 aliphatic heterocycles. The van der Waals surface area contributed by atoms with Crippen LogP contribution in [-0.4, -0.2) is 24.1 Å². The standard InChI is InChI=1S/C11H19N3O2S/c1-9-10(17-8-13-9)5-7-16-6-3-2-4-11(15)14-12/h8H,2-7,12H2,1H3,(H,14,15). The van der Waals surface area contributed by atoms with Gasteiger partial charge in [-0.3, -0.25) is 10.2 Å². The largest absolute Gasteiger partial charge is 0.381 e. The summed E-state index contributed by atoms with van der Waals surface area (Å²) in [6.07, 6.45) is 3.07. The Morgan fingerprint density at radius 2 is 2.35 bits per heavy atom. The summed E-state index contributed by atoms with van der Waals surface area (Å²) in [5.41, 5.74) is 5.06. The van der Waals surface area contributed by atoms with Gasteiger partial charge in [0, 0.05) is 24.3 Å². The van der Waals surface area contributed by atoms with E-state index in [-0.39, 0.29) is 5.91 Å². The highest BCUT2D eigenvalue weighted by Crippen LogP contribution is 2.12. The molecule has 0 fully saturated rings. The zero-order valence-electron chi connectivity index (χ0n) is 10.1. The lowest BCUT2D eigenvalue weighted by Crippen LogP contribution is -2.29. The summed E-state index contributed by atoms with van der Waals surface area (Å²) in [5.74, 6) is 4.85. The summed E-state index contributed by atoms with van der Waals surface area (Å²) in [7, 11) is 0. The van der Waals surface area contributed by atoms with Crippen LogP contribution in [0.3, 0.4) is 0 Å². The van der Waals surface area contributed by atoms with Crippen LogP contribution in [0.4, 0.5) is 0 Å². The summed E-state index contributed by atoms with van der Waals surface area (Å²) in [4.78, 5) is 16.3. The van der Waals surface area contributed by atoms with Crippen molar-refractivity contribution < 1.29 is 9.53 Å². The third kappa shape index (κ3) is 5.76. The number of carbonyl (C=O) groups is 1. The van der Waals surface area contributed by atoms with Gasteiger partial charge in [0.25, 0.3) is 0 Å². The second-order valence-corrected chi connectivity index (χ2v) is 4.69. The maximum absolute atomic E-state index is 10.8. The van der Waals surface area contributed by atoms with E-state index in [0.717, 1.165) is 25.0 Å². The highest BCUT2D eigenvalue weighted by atomic mass is 32.1. The molecule has 0 radical (unpaired) electrons. The fraction of sp³-hybridized carbons (Fsp3) is 0.636. The lowest BCUT2D eigenvalue weighted by Gasteiger charge is -2.03. The molecule has 0 saturated heterocycles. The maximum Gasteiger partial charge on any atom is 0.233 e. The van der Waals surface area contributed by atoms with Crippen molar-refractivity contribution in [2.24, 2.45) is 5.84 Å². The minimum atomic E-state index is -0.120. The third-order valence-corrected chi connectivity index (χ3v) is 3.42. The lowest BCUT2D eigenvalue weighted by molar-refractivity contribution is -0.121. The van der Waals surface area contributed by atoms with Crippen LogP contribution in [0.5, 0.6) is 0 Å². The summed E-state index contributed by atoms with van der Waals surface area (Å²) in [6, 6.07) is 0. The van der Waals surface area contributed by atoms with E-state index >= 15 is 0 Å². The van der Waals surface area contributed by atoms with Crippen molar-refractivity contribution in [1.29, 1.82) is 0 Å². The van der Waals surface area contributed by atoms with E-state index in [0.29, 0.717) is 19.6 Å². The number of unbranched alkanes of at least 4 members (excludes halogenated alkanes) is 1. The Balaban J connectivity index is 1.95. The number of nitrogens with one attached hydrogen (secondary N) is 1. The van der Waals surface area contributed by atoms with E-state index in [2.05, 4.69) is 10.4 Å². The molecule has 6 heteroatoms. The Labute approximate surface area is 105 Å². The van der Waals surface area contributed by atoms with Crippen molar-refractivity contribution in [2.45, 2.75) is 32.6 Å². The van der Waals surface area contributed by atoms with Gasteiger partial charge in [-0.1, -0.05) is 0 Å². The molecule has 1 amide bonds. The first-order valence-electron chi connectivity index (χ1n) is 5.70. The molecule has 5 nitrogen and oxygen atoms in total. The summed E-state index contributed by atoms with van der Waals surface area (Å²) < 4.78 is 5.49. The number of hydrogen-bond donors (Lipinski definition) is 2. The number of hydrogen-bond acceptors (Lipinski definition) is 5. The van der Waals surface area contributed by atoms with Crippen LogP contribution in [0.2, 0.25) is 0 Å². The number of carbonyl (C=O) groups excluding carboxylic acids is 1. The van der Waals surface area contributed by atoms with Crippen molar-refractivity contribution in [1.82, 2.24) is 10.4 Å². The van der Waals surface area contributed by atoms with Crippen LogP contribution >= 0.6 is 11.3 Å². The quantitative estimate of drug-likeness (QED) is 0.317. The molecule has 0 aliphatic carbocycles. The minimum absolute atomic E-state index is 0.120. The normalized spacial score (nSPS) is 10.5. The van der Waals surface area contributed by atoms with Gasteiger partial charge in [-0.2, -0.15) is 0 Å². The van der Waals surface area contributed by atoms with Gasteiger partial charge in [-0.05, 0) is 19.8 Å². The molecular weight excluding hydrogens is 238 g/mol. The van der Waals surface area contributed by atoms with Gasteiger partial charge in [0.05, 0.1) is 17.8 Å². The SMILES string of the molecule is Cc1ncsc1CCOCCCCC(=O)NN. The molecule has 0 unspecified atom stereocenters. The van der Waals surface area contributed by atoms with Crippen molar-refractivity contribution >= 4 is 17.2 Å². The van der Waals surface area contributed by atoms with Gasteiger partial charge in [-0.25, -0.2) is 10.8 Å². The predicted molar refractivity (Wildman–Crippen MR) is 67.6 cm³/mol. The van der Waals surface area contributed by atoms with E-state index in [9.17, 15) is 4.79 Å². The Morgan fingerprint density at radius 1 is 1.53 bits per heavy atom. The molecule has 1 aromatic heterocycles. The van der Waals surface area contributed by atoms with E-state index in [1.807, 2.05) is 12.4 Å². The van der Waals surface area contributed by atoms with Gasteiger partial charge in [0.15, 0.2) is 0 Å². The first kappa shape index (κ1) is 14.1. The second-order valence-electron chi connectivity index (χ2n) is 3.75. The Morgan fingerprint density at radius 3 is 3.00 bits per heavy atom. The highest BCUT2D eigenvalue weighted by molar-refractivity contribution is 7.09. The number of nitrogens with zero attached hydrogens (tertiary/aromatic N) is 1. The van der Waals surface area contributed by atoms with E-state index in [4.69, 9.17) is 10.6 Å². The second kappa shape index (κ2) is 8.16. The van der Waals surface area contributed by atoms with Crippen molar-refractivity contribution in [3.05, 3.63) is 16.1 Å². The van der Waals surface area contributed by atoms with Gasteiger partial charge < -0.3 is 4.74 Å². The number of nitrogens with two attached hydrogens (primary N) is 1. The van der Waals surface area contributed by atoms with Crippen LogP contribution in [-0.2, 0) is 16.0 Å². The minimum Gasteiger partial charge on any atom is -0.381 e. The zero-order chi connectivity index (χ0) is 12.5. The Bertz CT molecular complexity index is 341. The molecular formula is C11H19N3O2S. The van der Waals surface area contributed by atoms with E-state index in [1.165, 1.54) is 4.88 Å². The summed E-state index contributed by atoms with van der Waals surface area (Å²) >= 11 is 1.67. The van der Waals surface area contributed by atoms with Gasteiger partial charge in [0.2, 0.25) is 5.91 Å². The molecule has 17 heavy (non-hydrogen) atoms. The average molecular weight is 257 g/mol. The molecule has 0 saturated carbocycles. The van der Waals surface area contributed by atoms with Crippen molar-refractivity contribution in [3.8, 4) is 0 Å². The third-order valence-electron chi connectivity index (χ3n) is 2.42. The predicted octanol–water partition coefficient (Wildman–Crippen LogP) is 1.17. The number of thiazole rings is 1. The van der Waals surface area contributed by atoms with Crippen LogP contribution in [0.1, 0.15) is 29.8 Å². The zero-order valence-corrected chi connectivity index (χ0v) is 10.9. The molecule has 0 atom stereocenters. The van der Waals surface area contributed by atoms with Gasteiger partial charge in [-0.15, -0.1) is 11.3 Å². The van der Waals surface area contributed by atoms with Gasteiger partial charge in [0.1, 0.15) is 0 Å². The van der Waals surface area contributed by atoms with Crippen LogP contribution in [0, 0.1) is 6.92 Å². The topological polar surface area (TPSA) is 77.2 Å². The first-order chi connectivity index (χ1) is 8.24. The molecule has 96 valence electrons. The average Bonchev–Trinajstić information content (AvgIpc) is 2.73. The first-order valence-corrected chi connectivity index (χ1v) is 6.58. The summed E-state index contributed by atoms with van der Waals surface area (Å²) in [6.45, 7) is 3.42. The summed E-state index contributed by atoms with van der Waals surface area (Å²) in [5, 5.41) is 0. The van der Waals surface area contributed by atoms with Crippen LogP contribution in [0.15, 0.2) is 5.51 Å². The molecule has 0 aromatic carbocycles. The fourth-order valence-electron chi connectivity index (χ4n) is 1.39. The molecule has 3 N–H and O–H groups in total. The molecule has 1 rings (SSSR count). The monoisotopic (exact) mass is 257 g/mol. The van der Waals surface area contributed by atoms with E-state index in [1.54, 1.807) is 11.3 Å². The van der Waals surface area contributed by atoms with Crippen LogP contribution < -0.4 is 11.3 Å². The smallest absolute Gasteiger partial charge is 0.233 e. The number of aromatic nitrogens is 1. The highest BCUT2D eigenvalue weighted by Gasteiger charge is 2.01. The molecule has 1 heterocycles. The number of hydrazine groups is 1. The Hall–Kier alpha value is -0.980. The fourth-order valence-corrected chi connectivity index (χ4v) is 2.16. The van der Waals surface area contributed by atoms with Crippen molar-refractivity contribution in [3.63, 3.8) is 0 Å². The number of rotatable bonds is 8. The molecule has 1 aromatic rings. The van der Waals surface area contributed by atoms with Crippen LogP contribution in [0.25, 0.3) is 0 Å². The number of ether oxygens (including phenoxy) is 1. The lowest BCUT2D eigenvalue weighted by atomic mass is 10.2. The maximum atomic E-state index is 10.8. The van der Waals surface area contributed by atoms with Gasteiger partial charge >= 0.3 is 0 Å². The van der Waals surface area contributed by atoms with E-state index < -0.39 is 0 Å². The van der Waals surface area contributed by atoms with Crippen molar-refractivity contribution in [2.75, 3.05) is 13.2 Å². The number of amides is 1. The molecule has 0 bridgehead atoms.